The second-order valence-electron chi connectivity index (χ2n) is 13.9. The van der Waals surface area contributed by atoms with Crippen LogP contribution in [0.2, 0.25) is 0 Å². The van der Waals surface area contributed by atoms with Crippen LogP contribution in [0.1, 0.15) is 0 Å². The molecule has 0 amide bonds. The van der Waals surface area contributed by atoms with Crippen LogP contribution >= 0.6 is 0 Å². The first kappa shape index (κ1) is 29.9. The largest absolute Gasteiger partial charge is 0.456 e. The maximum atomic E-state index is 6.85. The lowest BCUT2D eigenvalue weighted by Crippen LogP contribution is -2.11. The lowest BCUT2D eigenvalue weighted by Gasteiger charge is -2.26. The summed E-state index contributed by atoms with van der Waals surface area (Å²) in [4.78, 5) is 7.52. The summed E-state index contributed by atoms with van der Waals surface area (Å²) in [6, 6.07) is 60.7. The van der Waals surface area contributed by atoms with E-state index in [2.05, 4.69) is 125 Å². The van der Waals surface area contributed by atoms with Crippen molar-refractivity contribution in [2.24, 2.45) is 0 Å². The van der Waals surface area contributed by atoms with E-state index in [1.807, 2.05) is 60.7 Å². The predicted molar refractivity (Wildman–Crippen MR) is 223 cm³/mol. The number of nitrogens with zero attached hydrogens (tertiary/aromatic N) is 3. The molecule has 4 heterocycles. The Kier molecular flexibility index (Phi) is 6.24. The second kappa shape index (κ2) is 11.5. The molecule has 0 fully saturated rings. The number of rotatable bonds is 5. The van der Waals surface area contributed by atoms with Crippen molar-refractivity contribution >= 4 is 93.8 Å². The molecule has 258 valence electrons. The summed E-state index contributed by atoms with van der Waals surface area (Å²) < 4.78 is 22.2. The van der Waals surface area contributed by atoms with Crippen LogP contribution in [-0.4, -0.2) is 9.55 Å². The highest BCUT2D eigenvalue weighted by Crippen LogP contribution is 2.49. The Morgan fingerprint density at radius 2 is 1.04 bits per heavy atom. The van der Waals surface area contributed by atoms with E-state index in [1.54, 1.807) is 0 Å². The summed E-state index contributed by atoms with van der Waals surface area (Å²) in [7, 11) is 0. The minimum atomic E-state index is 0.546. The summed E-state index contributed by atoms with van der Waals surface area (Å²) in [5.41, 5.74) is 11.5. The lowest BCUT2D eigenvalue weighted by molar-refractivity contribution is 0.620. The highest BCUT2D eigenvalue weighted by molar-refractivity contribution is 6.19. The number of aromatic nitrogens is 2. The Morgan fingerprint density at radius 3 is 1.85 bits per heavy atom. The lowest BCUT2D eigenvalue weighted by atomic mass is 10.1. The van der Waals surface area contributed by atoms with Gasteiger partial charge in [-0.2, -0.15) is 0 Å². The zero-order valence-electron chi connectivity index (χ0n) is 29.3. The molecule has 6 nitrogen and oxygen atoms in total. The summed E-state index contributed by atoms with van der Waals surface area (Å²) in [5, 5.41) is 6.40. The molecular weight excluding hydrogens is 679 g/mol. The average Bonchev–Trinajstić information content (AvgIpc) is 4.02. The van der Waals surface area contributed by atoms with Crippen LogP contribution in [0, 0.1) is 0 Å². The number of oxazole rings is 1. The molecule has 0 bridgehead atoms. The van der Waals surface area contributed by atoms with E-state index in [0.29, 0.717) is 17.0 Å². The Bertz CT molecular complexity index is 3440. The third-order valence-corrected chi connectivity index (χ3v) is 10.8. The SMILES string of the molecule is c1ccc(-c2nc3c(N(c4ccc5oc6ccccc6c5c4)c4ccc5c6ccccc6n(-c6ccccc6)c5c4)c4oc5ccccc5c4cc3o2)cc1. The van der Waals surface area contributed by atoms with Crippen LogP contribution in [0.5, 0.6) is 0 Å². The fourth-order valence-corrected chi connectivity index (χ4v) is 8.35. The van der Waals surface area contributed by atoms with Crippen molar-refractivity contribution < 1.29 is 13.3 Å². The number of para-hydroxylation sites is 4. The van der Waals surface area contributed by atoms with Gasteiger partial charge >= 0.3 is 0 Å². The van der Waals surface area contributed by atoms with Crippen LogP contribution in [0.25, 0.3) is 93.9 Å². The van der Waals surface area contributed by atoms with Crippen molar-refractivity contribution in [2.45, 2.75) is 0 Å². The van der Waals surface area contributed by atoms with Gasteiger partial charge in [-0.1, -0.05) is 97.1 Å². The smallest absolute Gasteiger partial charge is 0.227 e. The molecule has 0 atom stereocenters. The van der Waals surface area contributed by atoms with Gasteiger partial charge in [-0.05, 0) is 78.9 Å². The molecular formula is C49H29N3O3. The monoisotopic (exact) mass is 707 g/mol. The number of fused-ring (bicyclic) bond motifs is 10. The molecule has 55 heavy (non-hydrogen) atoms. The summed E-state index contributed by atoms with van der Waals surface area (Å²) in [6.07, 6.45) is 0. The average molecular weight is 708 g/mol. The molecule has 0 aliphatic rings. The fraction of sp³-hybridized carbons (Fsp3) is 0. The predicted octanol–water partition coefficient (Wildman–Crippen LogP) is 13.9. The minimum absolute atomic E-state index is 0.546. The van der Waals surface area contributed by atoms with E-state index in [9.17, 15) is 0 Å². The zero-order chi connectivity index (χ0) is 36.0. The number of hydrogen-bond donors (Lipinski definition) is 0. The molecule has 0 spiro atoms. The van der Waals surface area contributed by atoms with Gasteiger partial charge in [-0.25, -0.2) is 4.98 Å². The van der Waals surface area contributed by atoms with Crippen LogP contribution in [-0.2, 0) is 0 Å². The van der Waals surface area contributed by atoms with Crippen molar-refractivity contribution in [1.29, 1.82) is 0 Å². The van der Waals surface area contributed by atoms with Gasteiger partial charge < -0.3 is 22.7 Å². The van der Waals surface area contributed by atoms with Crippen molar-refractivity contribution in [3.63, 3.8) is 0 Å². The van der Waals surface area contributed by atoms with E-state index in [4.69, 9.17) is 18.2 Å². The first-order chi connectivity index (χ1) is 27.3. The van der Waals surface area contributed by atoms with Gasteiger partial charge in [0.15, 0.2) is 11.2 Å². The summed E-state index contributed by atoms with van der Waals surface area (Å²) >= 11 is 0. The maximum absolute atomic E-state index is 6.85. The maximum Gasteiger partial charge on any atom is 0.227 e. The molecule has 0 aliphatic heterocycles. The second-order valence-corrected chi connectivity index (χ2v) is 13.9. The topological polar surface area (TPSA) is 60.5 Å². The molecule has 0 N–H and O–H groups in total. The van der Waals surface area contributed by atoms with Gasteiger partial charge in [0.05, 0.1) is 11.0 Å². The molecule has 12 aromatic rings. The van der Waals surface area contributed by atoms with Crippen molar-refractivity contribution in [2.75, 3.05) is 4.90 Å². The highest BCUT2D eigenvalue weighted by atomic mass is 16.4. The molecule has 0 saturated carbocycles. The third-order valence-electron chi connectivity index (χ3n) is 10.8. The van der Waals surface area contributed by atoms with Gasteiger partial charge in [0, 0.05) is 54.9 Å². The number of furan rings is 2. The molecule has 0 unspecified atom stereocenters. The molecule has 0 saturated heterocycles. The summed E-state index contributed by atoms with van der Waals surface area (Å²) in [6.45, 7) is 0. The molecule has 6 heteroatoms. The van der Waals surface area contributed by atoms with Crippen LogP contribution in [0.15, 0.2) is 189 Å². The number of anilines is 3. The molecule has 12 rings (SSSR count). The van der Waals surface area contributed by atoms with Crippen LogP contribution in [0.3, 0.4) is 0 Å². The Balaban J connectivity index is 1.22. The third kappa shape index (κ3) is 4.46. The van der Waals surface area contributed by atoms with Gasteiger partial charge in [-0.3, -0.25) is 0 Å². The number of benzene rings is 8. The van der Waals surface area contributed by atoms with Crippen LogP contribution in [0.4, 0.5) is 17.1 Å². The molecule has 8 aromatic carbocycles. The van der Waals surface area contributed by atoms with E-state index >= 15 is 0 Å². The first-order valence-electron chi connectivity index (χ1n) is 18.4. The standard InChI is InChI=1S/C49H29N3O3/c1-3-13-30(14-4-1)49-50-46-45(55-49)29-39-37-19-9-12-22-43(37)54-48(39)47(46)51(32-24-26-44-38(27-32)36-18-8-11-21-42(36)53-44)33-23-25-35-34-17-7-10-20-40(34)52(41(35)28-33)31-15-5-2-6-16-31/h1-29H. The van der Waals surface area contributed by atoms with Gasteiger partial charge in [-0.15, -0.1) is 0 Å². The normalized spacial score (nSPS) is 12.0. The van der Waals surface area contributed by atoms with Gasteiger partial charge in [0.1, 0.15) is 28.0 Å². The van der Waals surface area contributed by atoms with Crippen molar-refractivity contribution in [1.82, 2.24) is 9.55 Å². The van der Waals surface area contributed by atoms with Crippen molar-refractivity contribution in [3.8, 4) is 17.1 Å². The van der Waals surface area contributed by atoms with E-state index in [0.717, 1.165) is 83.2 Å². The zero-order valence-corrected chi connectivity index (χ0v) is 29.3. The Hall–Kier alpha value is -7.57. The Labute approximate surface area is 313 Å². The quantitative estimate of drug-likeness (QED) is 0.178. The molecule has 0 aliphatic carbocycles. The first-order valence-corrected chi connectivity index (χ1v) is 18.4. The van der Waals surface area contributed by atoms with E-state index in [1.165, 1.54) is 10.8 Å². The number of hydrogen-bond acceptors (Lipinski definition) is 5. The van der Waals surface area contributed by atoms with E-state index in [-0.39, 0.29) is 0 Å². The Morgan fingerprint density at radius 1 is 0.418 bits per heavy atom. The van der Waals surface area contributed by atoms with Crippen molar-refractivity contribution in [3.05, 3.63) is 176 Å². The minimum Gasteiger partial charge on any atom is -0.456 e. The summed E-state index contributed by atoms with van der Waals surface area (Å²) in [5.74, 6) is 0.546. The van der Waals surface area contributed by atoms with Crippen LogP contribution < -0.4 is 4.90 Å². The van der Waals surface area contributed by atoms with Gasteiger partial charge in [0.2, 0.25) is 5.89 Å². The van der Waals surface area contributed by atoms with E-state index < -0.39 is 0 Å². The molecule has 4 aromatic heterocycles. The molecule has 0 radical (unpaired) electrons. The fourth-order valence-electron chi connectivity index (χ4n) is 8.35. The van der Waals surface area contributed by atoms with Gasteiger partial charge in [0.25, 0.3) is 0 Å². The highest BCUT2D eigenvalue weighted by Gasteiger charge is 2.27.